The van der Waals surface area contributed by atoms with Crippen molar-refractivity contribution in [2.24, 2.45) is 5.73 Å². The topological polar surface area (TPSA) is 38.9 Å². The van der Waals surface area contributed by atoms with Gasteiger partial charge in [-0.25, -0.2) is 4.39 Å². The van der Waals surface area contributed by atoms with E-state index in [1.165, 1.54) is 6.07 Å². The Hall–Kier alpha value is -1.74. The van der Waals surface area contributed by atoms with Crippen LogP contribution in [0.15, 0.2) is 48.8 Å². The number of pyridine rings is 1. The number of rotatable bonds is 4. The van der Waals surface area contributed by atoms with Gasteiger partial charge in [-0.3, -0.25) is 4.98 Å². The first-order chi connectivity index (χ1) is 8.65. The van der Waals surface area contributed by atoms with Gasteiger partial charge in [0.1, 0.15) is 5.82 Å². The Labute approximate surface area is 107 Å². The van der Waals surface area contributed by atoms with Crippen LogP contribution in [0.2, 0.25) is 0 Å². The molecule has 1 aromatic heterocycles. The Balaban J connectivity index is 2.34. The van der Waals surface area contributed by atoms with E-state index in [0.717, 1.165) is 5.56 Å². The van der Waals surface area contributed by atoms with E-state index in [0.29, 0.717) is 18.4 Å². The lowest BCUT2D eigenvalue weighted by molar-refractivity contribution is 0.402. The van der Waals surface area contributed by atoms with Crippen LogP contribution in [-0.2, 0) is 12.0 Å². The average Bonchev–Trinajstić information content (AvgIpc) is 2.40. The molecular weight excluding hydrogens is 227 g/mol. The van der Waals surface area contributed by atoms with Crippen LogP contribution in [0.1, 0.15) is 24.5 Å². The molecule has 18 heavy (non-hydrogen) atoms. The molecule has 1 heterocycles. The van der Waals surface area contributed by atoms with E-state index in [1.807, 2.05) is 25.1 Å². The van der Waals surface area contributed by atoms with Crippen molar-refractivity contribution in [2.75, 3.05) is 0 Å². The van der Waals surface area contributed by atoms with Crippen LogP contribution in [-0.4, -0.2) is 4.98 Å². The number of nitrogens with two attached hydrogens (primary N) is 1. The van der Waals surface area contributed by atoms with Crippen LogP contribution in [0.4, 0.5) is 4.39 Å². The van der Waals surface area contributed by atoms with Gasteiger partial charge >= 0.3 is 0 Å². The lowest BCUT2D eigenvalue weighted by Crippen LogP contribution is -2.39. The molecular formula is C15H17FN2. The molecule has 1 unspecified atom stereocenters. The molecule has 1 aromatic carbocycles. The van der Waals surface area contributed by atoms with Crippen molar-refractivity contribution in [3.8, 4) is 0 Å². The molecule has 0 aliphatic rings. The van der Waals surface area contributed by atoms with Crippen molar-refractivity contribution in [1.29, 1.82) is 0 Å². The zero-order valence-corrected chi connectivity index (χ0v) is 10.4. The van der Waals surface area contributed by atoms with Gasteiger partial charge in [-0.1, -0.05) is 31.2 Å². The van der Waals surface area contributed by atoms with Crippen LogP contribution >= 0.6 is 0 Å². The van der Waals surface area contributed by atoms with Crippen LogP contribution < -0.4 is 5.73 Å². The standard InChI is InChI=1S/C15H17FN2/c1-2-15(17,10-12-6-5-9-18-11-12)13-7-3-4-8-14(13)16/h3-9,11H,2,10,17H2,1H3. The number of halogens is 1. The van der Waals surface area contributed by atoms with E-state index in [1.54, 1.807) is 24.5 Å². The first-order valence-corrected chi connectivity index (χ1v) is 6.08. The molecule has 0 fully saturated rings. The molecule has 0 saturated heterocycles. The Bertz CT molecular complexity index is 513. The fourth-order valence-electron chi connectivity index (χ4n) is 2.14. The predicted molar refractivity (Wildman–Crippen MR) is 70.5 cm³/mol. The predicted octanol–water partition coefficient (Wildman–Crippen LogP) is 3.03. The summed E-state index contributed by atoms with van der Waals surface area (Å²) in [6, 6.07) is 10.5. The number of hydrogen-bond acceptors (Lipinski definition) is 2. The lowest BCUT2D eigenvalue weighted by atomic mass is 9.82. The Morgan fingerprint density at radius 2 is 2.00 bits per heavy atom. The van der Waals surface area contributed by atoms with Crippen molar-refractivity contribution in [3.63, 3.8) is 0 Å². The quantitative estimate of drug-likeness (QED) is 0.897. The van der Waals surface area contributed by atoms with Gasteiger partial charge < -0.3 is 5.73 Å². The molecule has 0 spiro atoms. The van der Waals surface area contributed by atoms with Gasteiger partial charge in [0.05, 0.1) is 0 Å². The van der Waals surface area contributed by atoms with Crippen LogP contribution in [0.3, 0.4) is 0 Å². The zero-order valence-electron chi connectivity index (χ0n) is 10.4. The molecule has 2 aromatic rings. The highest BCUT2D eigenvalue weighted by atomic mass is 19.1. The second kappa shape index (κ2) is 5.27. The van der Waals surface area contributed by atoms with Gasteiger partial charge in [-0.2, -0.15) is 0 Å². The molecule has 94 valence electrons. The monoisotopic (exact) mass is 244 g/mol. The van der Waals surface area contributed by atoms with Crippen molar-refractivity contribution >= 4 is 0 Å². The summed E-state index contributed by atoms with van der Waals surface area (Å²) in [5.41, 5.74) is 7.28. The third-order valence-electron chi connectivity index (χ3n) is 3.28. The van der Waals surface area contributed by atoms with E-state index in [2.05, 4.69) is 4.98 Å². The first-order valence-electron chi connectivity index (χ1n) is 6.08. The summed E-state index contributed by atoms with van der Waals surface area (Å²) in [5.74, 6) is -0.245. The van der Waals surface area contributed by atoms with Gasteiger partial charge in [-0.05, 0) is 30.5 Å². The average molecular weight is 244 g/mol. The number of benzene rings is 1. The maximum Gasteiger partial charge on any atom is 0.128 e. The third kappa shape index (κ3) is 2.57. The van der Waals surface area contributed by atoms with Crippen LogP contribution in [0.25, 0.3) is 0 Å². The molecule has 2 N–H and O–H groups in total. The van der Waals surface area contributed by atoms with Crippen molar-refractivity contribution < 1.29 is 4.39 Å². The maximum absolute atomic E-state index is 13.9. The molecule has 0 bridgehead atoms. The van der Waals surface area contributed by atoms with E-state index in [-0.39, 0.29) is 5.82 Å². The maximum atomic E-state index is 13.9. The number of nitrogens with zero attached hydrogens (tertiary/aromatic N) is 1. The minimum atomic E-state index is -0.686. The fraction of sp³-hybridized carbons (Fsp3) is 0.267. The van der Waals surface area contributed by atoms with E-state index in [4.69, 9.17) is 5.73 Å². The van der Waals surface area contributed by atoms with Gasteiger partial charge in [0, 0.05) is 23.5 Å². The molecule has 1 atom stereocenters. The Morgan fingerprint density at radius 1 is 1.22 bits per heavy atom. The number of hydrogen-bond donors (Lipinski definition) is 1. The SMILES string of the molecule is CCC(N)(Cc1cccnc1)c1ccccc1F. The highest BCUT2D eigenvalue weighted by molar-refractivity contribution is 5.28. The highest BCUT2D eigenvalue weighted by Crippen LogP contribution is 2.28. The second-order valence-electron chi connectivity index (χ2n) is 4.53. The Morgan fingerprint density at radius 3 is 2.61 bits per heavy atom. The van der Waals surface area contributed by atoms with Crippen LogP contribution in [0, 0.1) is 5.82 Å². The van der Waals surface area contributed by atoms with Crippen molar-refractivity contribution in [3.05, 3.63) is 65.7 Å². The lowest BCUT2D eigenvalue weighted by Gasteiger charge is -2.29. The van der Waals surface area contributed by atoms with E-state index < -0.39 is 5.54 Å². The van der Waals surface area contributed by atoms with Crippen molar-refractivity contribution in [2.45, 2.75) is 25.3 Å². The van der Waals surface area contributed by atoms with Gasteiger partial charge in [0.2, 0.25) is 0 Å². The first kappa shape index (κ1) is 12.7. The second-order valence-corrected chi connectivity index (χ2v) is 4.53. The van der Waals surface area contributed by atoms with Gasteiger partial charge in [0.25, 0.3) is 0 Å². The summed E-state index contributed by atoms with van der Waals surface area (Å²) in [6.45, 7) is 1.98. The minimum absolute atomic E-state index is 0.245. The molecule has 0 saturated carbocycles. The summed E-state index contributed by atoms with van der Waals surface area (Å²) in [4.78, 5) is 4.07. The van der Waals surface area contributed by atoms with Gasteiger partial charge in [0.15, 0.2) is 0 Å². The smallest absolute Gasteiger partial charge is 0.128 e. The van der Waals surface area contributed by atoms with Gasteiger partial charge in [-0.15, -0.1) is 0 Å². The summed E-state index contributed by atoms with van der Waals surface area (Å²) in [5, 5.41) is 0. The molecule has 0 amide bonds. The summed E-state index contributed by atoms with van der Waals surface area (Å²) >= 11 is 0. The number of aromatic nitrogens is 1. The zero-order chi connectivity index (χ0) is 13.0. The molecule has 0 aliphatic carbocycles. The molecule has 2 rings (SSSR count). The van der Waals surface area contributed by atoms with Crippen LogP contribution in [0.5, 0.6) is 0 Å². The minimum Gasteiger partial charge on any atom is -0.321 e. The Kier molecular flexibility index (Phi) is 3.72. The normalized spacial score (nSPS) is 14.2. The summed E-state index contributed by atoms with van der Waals surface area (Å²) in [7, 11) is 0. The fourth-order valence-corrected chi connectivity index (χ4v) is 2.14. The largest absolute Gasteiger partial charge is 0.321 e. The summed E-state index contributed by atoms with van der Waals surface area (Å²) in [6.07, 6.45) is 4.75. The molecule has 0 aliphatic heterocycles. The van der Waals surface area contributed by atoms with E-state index in [9.17, 15) is 4.39 Å². The molecule has 2 nitrogen and oxygen atoms in total. The molecule has 0 radical (unpaired) electrons. The molecule has 3 heteroatoms. The summed E-state index contributed by atoms with van der Waals surface area (Å²) < 4.78 is 13.9. The van der Waals surface area contributed by atoms with Crippen molar-refractivity contribution in [1.82, 2.24) is 4.98 Å². The highest BCUT2D eigenvalue weighted by Gasteiger charge is 2.28. The third-order valence-corrected chi connectivity index (χ3v) is 3.28. The van der Waals surface area contributed by atoms with E-state index >= 15 is 0 Å².